The molecule has 0 aromatic heterocycles. The molecule has 0 fully saturated rings. The van der Waals surface area contributed by atoms with E-state index in [2.05, 4.69) is 0 Å². The summed E-state index contributed by atoms with van der Waals surface area (Å²) in [5.41, 5.74) is 3.08. The van der Waals surface area contributed by atoms with Crippen molar-refractivity contribution in [3.8, 4) is 0 Å². The average Bonchev–Trinajstić information content (AvgIpc) is 2.15. The molecule has 1 rings (SSSR count). The van der Waals surface area contributed by atoms with E-state index < -0.39 is 5.91 Å². The molecule has 84 valence electrons. The normalized spacial score (nSPS) is 10.4. The number of hydrogen-bond acceptors (Lipinski definition) is 2. The Morgan fingerprint density at radius 3 is 2.40 bits per heavy atom. The van der Waals surface area contributed by atoms with E-state index in [4.69, 9.17) is 5.21 Å². The maximum absolute atomic E-state index is 11.1. The van der Waals surface area contributed by atoms with Crippen molar-refractivity contribution in [3.05, 3.63) is 29.8 Å². The van der Waals surface area contributed by atoms with Crippen LogP contribution in [-0.4, -0.2) is 32.3 Å². The number of carbonyl (C=O) groups is 1. The second kappa shape index (κ2) is 5.43. The minimum atomic E-state index is -0.486. The van der Waals surface area contributed by atoms with Crippen molar-refractivity contribution in [2.45, 2.75) is 0 Å². The molecule has 0 aliphatic heterocycles. The second-order valence-electron chi connectivity index (χ2n) is 4.00. The Kier molecular flexibility index (Phi) is 5.19. The van der Waals surface area contributed by atoms with Crippen molar-refractivity contribution in [1.29, 1.82) is 0 Å². The van der Waals surface area contributed by atoms with Gasteiger partial charge in [0.2, 0.25) is 0 Å². The summed E-state index contributed by atoms with van der Waals surface area (Å²) in [7, 11) is 6.03. The molecule has 5 heteroatoms. The number of quaternary nitrogens is 1. The molecule has 0 unspecified atom stereocenters. The molecule has 0 saturated heterocycles. The highest BCUT2D eigenvalue weighted by Crippen LogP contribution is 2.17. The number of benzene rings is 1. The lowest BCUT2D eigenvalue weighted by atomic mass is 10.1. The molecular weight excluding hydrogens is 307 g/mol. The summed E-state index contributed by atoms with van der Waals surface area (Å²) in [6.07, 6.45) is 0. The Morgan fingerprint density at radius 2 is 1.93 bits per heavy atom. The summed E-state index contributed by atoms with van der Waals surface area (Å²) in [4.78, 5) is 11.1. The van der Waals surface area contributed by atoms with Crippen LogP contribution in [0.4, 0.5) is 5.69 Å². The van der Waals surface area contributed by atoms with Gasteiger partial charge in [-0.05, 0) is 12.1 Å². The third-order valence-corrected chi connectivity index (χ3v) is 1.98. The highest BCUT2D eigenvalue weighted by atomic mass is 127. The van der Waals surface area contributed by atoms with Gasteiger partial charge in [-0.1, -0.05) is 6.07 Å². The van der Waals surface area contributed by atoms with Crippen LogP contribution in [0.25, 0.3) is 0 Å². The van der Waals surface area contributed by atoms with E-state index in [-0.39, 0.29) is 24.0 Å². The van der Waals surface area contributed by atoms with Crippen molar-refractivity contribution in [2.24, 2.45) is 0 Å². The second-order valence-corrected chi connectivity index (χ2v) is 4.00. The molecule has 0 aliphatic rings. The van der Waals surface area contributed by atoms with E-state index >= 15 is 0 Å². The first-order chi connectivity index (χ1) is 6.45. The summed E-state index contributed by atoms with van der Waals surface area (Å²) in [5.74, 6) is -0.486. The maximum Gasteiger partial charge on any atom is 0.274 e. The zero-order valence-electron chi connectivity index (χ0n) is 8.99. The number of nitrogens with zero attached hydrogens (tertiary/aromatic N) is 1. The first-order valence-electron chi connectivity index (χ1n) is 4.31. The maximum atomic E-state index is 11.1. The fourth-order valence-corrected chi connectivity index (χ4v) is 1.13. The fourth-order valence-electron chi connectivity index (χ4n) is 1.13. The van der Waals surface area contributed by atoms with E-state index in [1.165, 1.54) is 0 Å². The number of nitrogens with one attached hydrogen (secondary N) is 1. The lowest BCUT2D eigenvalue weighted by molar-refractivity contribution is -0.0000114. The number of carbonyl (C=O) groups excluding carboxylic acids is 1. The van der Waals surface area contributed by atoms with Crippen LogP contribution in [0.3, 0.4) is 0 Å². The molecule has 0 saturated carbocycles. The highest BCUT2D eigenvalue weighted by Gasteiger charge is 2.14. The number of hydroxylamine groups is 1. The standard InChI is InChI=1S/C10H14N2O2.HI/c1-12(2,3)9-6-4-5-8(7-9)10(13)11-14;/h4-7H,1-3H3,(H-,11,13,14);1H. The summed E-state index contributed by atoms with van der Waals surface area (Å²) >= 11 is 0. The Morgan fingerprint density at radius 1 is 1.33 bits per heavy atom. The molecule has 0 spiro atoms. The molecule has 4 nitrogen and oxygen atoms in total. The predicted octanol–water partition coefficient (Wildman–Crippen LogP) is -1.99. The molecule has 15 heavy (non-hydrogen) atoms. The molecule has 1 aromatic rings. The van der Waals surface area contributed by atoms with Crippen molar-refractivity contribution < 1.29 is 34.0 Å². The molecule has 0 aliphatic carbocycles. The van der Waals surface area contributed by atoms with Crippen LogP contribution in [0.1, 0.15) is 10.4 Å². The molecule has 2 N–H and O–H groups in total. The van der Waals surface area contributed by atoms with E-state index in [0.717, 1.165) is 5.69 Å². The minimum absolute atomic E-state index is 0. The molecule has 1 amide bonds. The summed E-state index contributed by atoms with van der Waals surface area (Å²) in [5, 5.41) is 8.48. The Hall–Kier alpha value is -0.660. The molecule has 0 bridgehead atoms. The van der Waals surface area contributed by atoms with Crippen molar-refractivity contribution in [2.75, 3.05) is 21.1 Å². The van der Waals surface area contributed by atoms with Crippen LogP contribution < -0.4 is 33.9 Å². The number of rotatable bonds is 2. The minimum Gasteiger partial charge on any atom is -1.00 e. The van der Waals surface area contributed by atoms with Gasteiger partial charge in [0.15, 0.2) is 0 Å². The van der Waals surface area contributed by atoms with Gasteiger partial charge in [0, 0.05) is 11.6 Å². The van der Waals surface area contributed by atoms with Crippen molar-refractivity contribution >= 4 is 11.6 Å². The van der Waals surface area contributed by atoms with Gasteiger partial charge in [-0.3, -0.25) is 14.5 Å². The lowest BCUT2D eigenvalue weighted by Gasteiger charge is -2.23. The monoisotopic (exact) mass is 322 g/mol. The number of halogens is 1. The molecule has 0 radical (unpaired) electrons. The third kappa shape index (κ3) is 3.77. The van der Waals surface area contributed by atoms with Crippen LogP contribution in [-0.2, 0) is 0 Å². The van der Waals surface area contributed by atoms with E-state index in [0.29, 0.717) is 10.0 Å². The molecule has 1 aromatic carbocycles. The van der Waals surface area contributed by atoms with Crippen LogP contribution in [0.15, 0.2) is 24.3 Å². The first-order valence-corrected chi connectivity index (χ1v) is 4.31. The summed E-state index contributed by atoms with van der Waals surface area (Å²) in [6.45, 7) is 0. The van der Waals surface area contributed by atoms with Gasteiger partial charge in [-0.15, -0.1) is 0 Å². The van der Waals surface area contributed by atoms with Gasteiger partial charge >= 0.3 is 0 Å². The largest absolute Gasteiger partial charge is 1.00 e. The first kappa shape index (κ1) is 14.3. The summed E-state index contributed by atoms with van der Waals surface area (Å²) < 4.78 is 0.631. The smallest absolute Gasteiger partial charge is 0.274 e. The van der Waals surface area contributed by atoms with E-state index in [9.17, 15) is 4.79 Å². The van der Waals surface area contributed by atoms with Gasteiger partial charge in [0.25, 0.3) is 5.91 Å². The Bertz CT molecular complexity index is 348. The Labute approximate surface area is 106 Å². The number of hydrogen-bond donors (Lipinski definition) is 2. The predicted molar refractivity (Wildman–Crippen MR) is 55.3 cm³/mol. The molecule has 0 atom stereocenters. The van der Waals surface area contributed by atoms with Gasteiger partial charge in [-0.2, -0.15) is 0 Å². The van der Waals surface area contributed by atoms with Gasteiger partial charge in [0.1, 0.15) is 5.69 Å². The van der Waals surface area contributed by atoms with E-state index in [1.54, 1.807) is 23.7 Å². The average molecular weight is 322 g/mol. The zero-order chi connectivity index (χ0) is 10.8. The topological polar surface area (TPSA) is 49.3 Å². The number of amides is 1. The van der Waals surface area contributed by atoms with Crippen LogP contribution in [0.5, 0.6) is 0 Å². The zero-order valence-corrected chi connectivity index (χ0v) is 11.1. The lowest BCUT2D eigenvalue weighted by Crippen LogP contribution is -3.00. The quantitative estimate of drug-likeness (QED) is 0.287. The van der Waals surface area contributed by atoms with Crippen molar-refractivity contribution in [3.63, 3.8) is 0 Å². The van der Waals surface area contributed by atoms with Gasteiger partial charge in [0.05, 0.1) is 21.1 Å². The fraction of sp³-hybridized carbons (Fsp3) is 0.300. The Balaban J connectivity index is 0.00000196. The molecule has 0 heterocycles. The SMILES string of the molecule is C[N+](C)(C)c1cccc(C(=O)NO)c1.[I-]. The van der Waals surface area contributed by atoms with E-state index in [1.807, 2.05) is 27.2 Å². The molecular formula is C10H15IN2O2. The van der Waals surface area contributed by atoms with Crippen LogP contribution in [0.2, 0.25) is 0 Å². The van der Waals surface area contributed by atoms with Crippen molar-refractivity contribution in [1.82, 2.24) is 9.96 Å². The van der Waals surface area contributed by atoms with Crippen LogP contribution in [0, 0.1) is 0 Å². The highest BCUT2D eigenvalue weighted by molar-refractivity contribution is 5.94. The van der Waals surface area contributed by atoms with Gasteiger partial charge in [-0.25, -0.2) is 5.48 Å². The van der Waals surface area contributed by atoms with Crippen LogP contribution >= 0.6 is 0 Å². The third-order valence-electron chi connectivity index (χ3n) is 1.98. The van der Waals surface area contributed by atoms with Gasteiger partial charge < -0.3 is 24.0 Å². The summed E-state index contributed by atoms with van der Waals surface area (Å²) in [6, 6.07) is 7.15.